The minimum atomic E-state index is -0.289. The zero-order valence-electron chi connectivity index (χ0n) is 16.3. The zero-order valence-corrected chi connectivity index (χ0v) is 17.9. The van der Waals surface area contributed by atoms with Gasteiger partial charge in [-0.3, -0.25) is 10.1 Å². The highest BCUT2D eigenvalue weighted by molar-refractivity contribution is 7.97. The van der Waals surface area contributed by atoms with Crippen LogP contribution in [0, 0.1) is 6.92 Å². The van der Waals surface area contributed by atoms with Crippen molar-refractivity contribution in [1.29, 1.82) is 0 Å². The van der Waals surface area contributed by atoms with E-state index >= 15 is 0 Å². The van der Waals surface area contributed by atoms with E-state index in [1.807, 2.05) is 61.0 Å². The van der Waals surface area contributed by atoms with Crippen molar-refractivity contribution >= 4 is 45.1 Å². The lowest BCUT2D eigenvalue weighted by atomic mass is 10.1. The van der Waals surface area contributed by atoms with Crippen LogP contribution in [0.2, 0.25) is 0 Å². The number of furan rings is 1. The molecule has 2 aromatic heterocycles. The van der Waals surface area contributed by atoms with Crippen molar-refractivity contribution in [3.8, 4) is 17.0 Å². The molecule has 1 amide bonds. The smallest absolute Gasteiger partial charge is 0.293 e. The Bertz CT molecular complexity index is 1180. The van der Waals surface area contributed by atoms with Gasteiger partial charge in [-0.1, -0.05) is 29.8 Å². The number of carbonyl (C=O) groups excluding carboxylic acids is 1. The van der Waals surface area contributed by atoms with Crippen LogP contribution < -0.4 is 10.1 Å². The number of hydrogen-bond donors (Lipinski definition) is 1. The number of benzene rings is 2. The maximum absolute atomic E-state index is 12.9. The molecule has 2 heterocycles. The van der Waals surface area contributed by atoms with Crippen LogP contribution >= 0.6 is 23.1 Å². The van der Waals surface area contributed by atoms with Crippen LogP contribution in [-0.4, -0.2) is 24.3 Å². The summed E-state index contributed by atoms with van der Waals surface area (Å²) < 4.78 is 11.3. The topological polar surface area (TPSA) is 64.4 Å². The van der Waals surface area contributed by atoms with Gasteiger partial charge in [0.05, 0.1) is 12.8 Å². The maximum atomic E-state index is 12.9. The Morgan fingerprint density at radius 2 is 2.10 bits per heavy atom. The van der Waals surface area contributed by atoms with Gasteiger partial charge < -0.3 is 9.15 Å². The number of fused-ring (bicyclic) bond motifs is 1. The lowest BCUT2D eigenvalue weighted by Gasteiger charge is -2.07. The first-order valence-electron chi connectivity index (χ1n) is 9.02. The van der Waals surface area contributed by atoms with Crippen LogP contribution in [0.15, 0.2) is 52.3 Å². The Kier molecular flexibility index (Phi) is 5.60. The number of hydrogen-bond acceptors (Lipinski definition) is 6. The normalized spacial score (nSPS) is 11.0. The summed E-state index contributed by atoms with van der Waals surface area (Å²) in [6.07, 6.45) is 2.01. The number of thiazole rings is 1. The first-order valence-corrected chi connectivity index (χ1v) is 11.3. The number of rotatable bonds is 6. The summed E-state index contributed by atoms with van der Waals surface area (Å²) in [5, 5.41) is 6.28. The van der Waals surface area contributed by atoms with E-state index in [1.54, 1.807) is 18.9 Å². The van der Waals surface area contributed by atoms with Crippen molar-refractivity contribution in [3.05, 3.63) is 64.7 Å². The van der Waals surface area contributed by atoms with Gasteiger partial charge in [0.1, 0.15) is 11.3 Å². The van der Waals surface area contributed by atoms with Gasteiger partial charge in [-0.2, -0.15) is 11.8 Å². The van der Waals surface area contributed by atoms with E-state index in [0.717, 1.165) is 33.5 Å². The van der Waals surface area contributed by atoms with Crippen molar-refractivity contribution in [3.63, 3.8) is 0 Å². The molecule has 4 aromatic rings. The van der Waals surface area contributed by atoms with E-state index < -0.39 is 0 Å². The quantitative estimate of drug-likeness (QED) is 0.412. The van der Waals surface area contributed by atoms with E-state index in [0.29, 0.717) is 22.2 Å². The second-order valence-electron chi connectivity index (χ2n) is 6.53. The number of aromatic nitrogens is 1. The van der Waals surface area contributed by atoms with Gasteiger partial charge in [0.2, 0.25) is 0 Å². The first-order chi connectivity index (χ1) is 14.1. The summed E-state index contributed by atoms with van der Waals surface area (Å²) in [4.78, 5) is 17.5. The number of nitrogens with one attached hydrogen (secondary N) is 1. The molecule has 0 unspecified atom stereocenters. The Hall–Kier alpha value is -2.77. The molecule has 5 nitrogen and oxygen atoms in total. The van der Waals surface area contributed by atoms with Gasteiger partial charge in [-0.15, -0.1) is 11.3 Å². The van der Waals surface area contributed by atoms with E-state index in [-0.39, 0.29) is 5.91 Å². The summed E-state index contributed by atoms with van der Waals surface area (Å²) in [6, 6.07) is 13.6. The summed E-state index contributed by atoms with van der Waals surface area (Å²) in [7, 11) is 1.64. The summed E-state index contributed by atoms with van der Waals surface area (Å²) in [5.41, 5.74) is 4.40. The number of thioether (sulfide) groups is 1. The molecule has 0 spiro atoms. The minimum Gasteiger partial charge on any atom is -0.496 e. The fraction of sp³-hybridized carbons (Fsp3) is 0.182. The summed E-state index contributed by atoms with van der Waals surface area (Å²) >= 11 is 3.02. The van der Waals surface area contributed by atoms with Gasteiger partial charge in [-0.05, 0) is 31.4 Å². The van der Waals surface area contributed by atoms with Crippen LogP contribution in [0.4, 0.5) is 5.13 Å². The third kappa shape index (κ3) is 3.88. The van der Waals surface area contributed by atoms with Crippen LogP contribution in [-0.2, 0) is 5.75 Å². The minimum absolute atomic E-state index is 0.289. The van der Waals surface area contributed by atoms with Crippen LogP contribution in [0.1, 0.15) is 21.7 Å². The number of anilines is 1. The first kappa shape index (κ1) is 19.5. The SMILES string of the molecule is COc1ccc(C)cc1-c1csc(NC(=O)c2oc3ccccc3c2CSC)n1. The average Bonchev–Trinajstić information content (AvgIpc) is 3.33. The molecule has 4 rings (SSSR count). The van der Waals surface area contributed by atoms with Crippen molar-refractivity contribution in [1.82, 2.24) is 4.98 Å². The fourth-order valence-corrected chi connectivity index (χ4v) is 4.48. The number of carbonyl (C=O) groups is 1. The average molecular weight is 425 g/mol. The molecule has 0 aliphatic rings. The lowest BCUT2D eigenvalue weighted by Crippen LogP contribution is -2.12. The van der Waals surface area contributed by atoms with Gasteiger partial charge in [0.25, 0.3) is 5.91 Å². The molecule has 29 heavy (non-hydrogen) atoms. The van der Waals surface area contributed by atoms with E-state index in [1.165, 1.54) is 11.3 Å². The van der Waals surface area contributed by atoms with Crippen molar-refractivity contribution in [2.24, 2.45) is 0 Å². The predicted molar refractivity (Wildman–Crippen MR) is 120 cm³/mol. The third-order valence-electron chi connectivity index (χ3n) is 4.55. The largest absolute Gasteiger partial charge is 0.496 e. The Morgan fingerprint density at radius 3 is 2.90 bits per heavy atom. The second-order valence-corrected chi connectivity index (χ2v) is 8.26. The summed E-state index contributed by atoms with van der Waals surface area (Å²) in [6.45, 7) is 2.02. The van der Waals surface area contributed by atoms with E-state index in [9.17, 15) is 4.79 Å². The predicted octanol–water partition coefficient (Wildman–Crippen LogP) is 5.99. The second kappa shape index (κ2) is 8.31. The molecule has 7 heteroatoms. The molecule has 0 fully saturated rings. The number of nitrogens with zero attached hydrogens (tertiary/aromatic N) is 1. The molecule has 1 N–H and O–H groups in total. The third-order valence-corrected chi connectivity index (χ3v) is 5.88. The van der Waals surface area contributed by atoms with Gasteiger partial charge in [0.15, 0.2) is 10.9 Å². The molecule has 0 saturated heterocycles. The Morgan fingerprint density at radius 1 is 1.28 bits per heavy atom. The van der Waals surface area contributed by atoms with Crippen molar-refractivity contribution < 1.29 is 13.9 Å². The van der Waals surface area contributed by atoms with E-state index in [2.05, 4.69) is 10.3 Å². The molecule has 0 saturated carbocycles. The molecule has 0 radical (unpaired) electrons. The number of ether oxygens (including phenoxy) is 1. The van der Waals surface area contributed by atoms with Crippen LogP contribution in [0.3, 0.4) is 0 Å². The molecule has 148 valence electrons. The number of methoxy groups -OCH3 is 1. The van der Waals surface area contributed by atoms with Gasteiger partial charge >= 0.3 is 0 Å². The molecule has 2 aromatic carbocycles. The highest BCUT2D eigenvalue weighted by Gasteiger charge is 2.21. The molecule has 0 bridgehead atoms. The fourth-order valence-electron chi connectivity index (χ4n) is 3.20. The standard InChI is InChI=1S/C22H20N2O3S2/c1-13-8-9-18(26-2)15(10-13)17-12-29-22(23-17)24-21(25)20-16(11-28-3)14-6-4-5-7-19(14)27-20/h4-10,12H,11H2,1-3H3,(H,23,24,25). The molecule has 0 atom stereocenters. The van der Waals surface area contributed by atoms with E-state index in [4.69, 9.17) is 9.15 Å². The Labute approximate surface area is 177 Å². The monoisotopic (exact) mass is 424 g/mol. The lowest BCUT2D eigenvalue weighted by molar-refractivity contribution is 0.0998. The molecule has 0 aliphatic heterocycles. The van der Waals surface area contributed by atoms with Gasteiger partial charge in [-0.25, -0.2) is 4.98 Å². The van der Waals surface area contributed by atoms with Gasteiger partial charge in [0, 0.05) is 27.6 Å². The maximum Gasteiger partial charge on any atom is 0.293 e. The van der Waals surface area contributed by atoms with Crippen LogP contribution in [0.5, 0.6) is 5.75 Å². The zero-order chi connectivity index (χ0) is 20.4. The highest BCUT2D eigenvalue weighted by atomic mass is 32.2. The van der Waals surface area contributed by atoms with Crippen molar-refractivity contribution in [2.45, 2.75) is 12.7 Å². The molecule has 0 aliphatic carbocycles. The molecular formula is C22H20N2O3S2. The van der Waals surface area contributed by atoms with Crippen molar-refractivity contribution in [2.75, 3.05) is 18.7 Å². The van der Waals surface area contributed by atoms with Crippen LogP contribution in [0.25, 0.3) is 22.2 Å². The number of amides is 1. The Balaban J connectivity index is 1.63. The number of aryl methyl sites for hydroxylation is 1. The molecular weight excluding hydrogens is 404 g/mol. The number of para-hydroxylation sites is 1. The highest BCUT2D eigenvalue weighted by Crippen LogP contribution is 2.34. The summed E-state index contributed by atoms with van der Waals surface area (Å²) in [5.74, 6) is 1.50.